The summed E-state index contributed by atoms with van der Waals surface area (Å²) in [6.45, 7) is 1.90. The summed E-state index contributed by atoms with van der Waals surface area (Å²) in [4.78, 5) is 0. The Morgan fingerprint density at radius 2 is 1.71 bits per heavy atom. The van der Waals surface area contributed by atoms with Crippen molar-refractivity contribution in [3.63, 3.8) is 0 Å². The number of ether oxygens (including phenoxy) is 1. The van der Waals surface area contributed by atoms with Gasteiger partial charge in [0.1, 0.15) is 23.2 Å². The first-order valence-corrected chi connectivity index (χ1v) is 6.46. The molecule has 2 nitrogen and oxygen atoms in total. The molecule has 1 atom stereocenters. The van der Waals surface area contributed by atoms with E-state index in [1.54, 1.807) is 6.07 Å². The Bertz CT molecular complexity index is 635. The van der Waals surface area contributed by atoms with Gasteiger partial charge < -0.3 is 10.5 Å². The quantitative estimate of drug-likeness (QED) is 0.934. The number of hydrogen-bond acceptors (Lipinski definition) is 2. The molecule has 2 N–H and O–H groups in total. The predicted molar refractivity (Wildman–Crippen MR) is 74.7 cm³/mol. The summed E-state index contributed by atoms with van der Waals surface area (Å²) in [5, 5.41) is 0. The summed E-state index contributed by atoms with van der Waals surface area (Å²) in [5.74, 6) is -2.33. The number of halogens is 3. The largest absolute Gasteiger partial charge is 0.496 e. The molecule has 2 aromatic carbocycles. The molecule has 0 fully saturated rings. The Hall–Kier alpha value is -2.01. The van der Waals surface area contributed by atoms with Crippen LogP contribution in [0, 0.1) is 24.4 Å². The van der Waals surface area contributed by atoms with Crippen molar-refractivity contribution in [2.75, 3.05) is 7.11 Å². The van der Waals surface area contributed by atoms with Crippen LogP contribution in [0.15, 0.2) is 30.3 Å². The molecule has 0 saturated heterocycles. The van der Waals surface area contributed by atoms with E-state index in [0.29, 0.717) is 17.9 Å². The van der Waals surface area contributed by atoms with Gasteiger partial charge >= 0.3 is 0 Å². The molecule has 0 aliphatic heterocycles. The Labute approximate surface area is 121 Å². The van der Waals surface area contributed by atoms with Gasteiger partial charge in [-0.05, 0) is 25.0 Å². The molecule has 0 radical (unpaired) electrons. The summed E-state index contributed by atoms with van der Waals surface area (Å²) in [6.07, 6.45) is 0.185. The molecule has 2 aromatic rings. The highest BCUT2D eigenvalue weighted by molar-refractivity contribution is 5.38. The summed E-state index contributed by atoms with van der Waals surface area (Å²) in [6, 6.07) is 5.82. The lowest BCUT2D eigenvalue weighted by Crippen LogP contribution is -2.17. The Morgan fingerprint density at radius 3 is 2.29 bits per heavy atom. The molecule has 0 amide bonds. The fraction of sp³-hybridized carbons (Fsp3) is 0.250. The number of methoxy groups -OCH3 is 1. The molecule has 0 aromatic heterocycles. The van der Waals surface area contributed by atoms with Crippen molar-refractivity contribution in [2.45, 2.75) is 19.4 Å². The zero-order valence-electron chi connectivity index (χ0n) is 11.8. The Morgan fingerprint density at radius 1 is 1.10 bits per heavy atom. The first-order valence-electron chi connectivity index (χ1n) is 6.46. The van der Waals surface area contributed by atoms with Crippen molar-refractivity contribution >= 4 is 0 Å². The van der Waals surface area contributed by atoms with Crippen LogP contribution in [0.3, 0.4) is 0 Å². The Balaban J connectivity index is 2.34. The second-order valence-electron chi connectivity index (χ2n) is 4.91. The minimum Gasteiger partial charge on any atom is -0.496 e. The molecule has 21 heavy (non-hydrogen) atoms. The van der Waals surface area contributed by atoms with E-state index in [9.17, 15) is 13.2 Å². The summed E-state index contributed by atoms with van der Waals surface area (Å²) in [7, 11) is 1.51. The lowest BCUT2D eigenvalue weighted by atomic mass is 9.97. The monoisotopic (exact) mass is 295 g/mol. The van der Waals surface area contributed by atoms with Gasteiger partial charge in [0.2, 0.25) is 0 Å². The van der Waals surface area contributed by atoms with Gasteiger partial charge in [0.25, 0.3) is 0 Å². The molecule has 5 heteroatoms. The van der Waals surface area contributed by atoms with Crippen LogP contribution < -0.4 is 10.5 Å². The molecular formula is C16H16F3NO. The third-order valence-electron chi connectivity index (χ3n) is 3.29. The van der Waals surface area contributed by atoms with Crippen molar-refractivity contribution in [3.8, 4) is 5.75 Å². The minimum atomic E-state index is -0.980. The molecule has 0 aliphatic carbocycles. The molecule has 0 saturated carbocycles. The van der Waals surface area contributed by atoms with Gasteiger partial charge in [0.05, 0.1) is 7.11 Å². The number of nitrogens with two attached hydrogens (primary N) is 1. The second-order valence-corrected chi connectivity index (χ2v) is 4.91. The maximum atomic E-state index is 13.7. The second kappa shape index (κ2) is 6.18. The molecular weight excluding hydrogens is 279 g/mol. The van der Waals surface area contributed by atoms with Gasteiger partial charge in [0, 0.05) is 23.7 Å². The van der Waals surface area contributed by atoms with Crippen molar-refractivity contribution < 1.29 is 17.9 Å². The molecule has 0 bridgehead atoms. The van der Waals surface area contributed by atoms with E-state index in [1.807, 2.05) is 19.1 Å². The molecule has 0 spiro atoms. The van der Waals surface area contributed by atoms with E-state index < -0.39 is 23.5 Å². The van der Waals surface area contributed by atoms with Gasteiger partial charge in [0.15, 0.2) is 0 Å². The van der Waals surface area contributed by atoms with Gasteiger partial charge in [-0.2, -0.15) is 0 Å². The average Bonchev–Trinajstić information content (AvgIpc) is 2.37. The maximum absolute atomic E-state index is 13.7. The van der Waals surface area contributed by atoms with Gasteiger partial charge in [-0.3, -0.25) is 0 Å². The van der Waals surface area contributed by atoms with E-state index in [0.717, 1.165) is 11.1 Å². The van der Waals surface area contributed by atoms with Crippen LogP contribution in [0.5, 0.6) is 5.75 Å². The average molecular weight is 295 g/mol. The Kier molecular flexibility index (Phi) is 4.53. The van der Waals surface area contributed by atoms with Crippen molar-refractivity contribution in [3.05, 3.63) is 64.5 Å². The maximum Gasteiger partial charge on any atom is 0.133 e. The number of aryl methyl sites for hydroxylation is 1. The fourth-order valence-electron chi connectivity index (χ4n) is 2.31. The molecule has 0 heterocycles. The number of rotatable bonds is 4. The highest BCUT2D eigenvalue weighted by atomic mass is 19.1. The zero-order valence-corrected chi connectivity index (χ0v) is 11.8. The summed E-state index contributed by atoms with van der Waals surface area (Å²) in [5.41, 5.74) is 7.30. The van der Waals surface area contributed by atoms with Gasteiger partial charge in [-0.1, -0.05) is 17.7 Å². The van der Waals surface area contributed by atoms with Gasteiger partial charge in [-0.15, -0.1) is 0 Å². The number of hydrogen-bond donors (Lipinski definition) is 1. The zero-order chi connectivity index (χ0) is 15.6. The van der Waals surface area contributed by atoms with Crippen LogP contribution >= 0.6 is 0 Å². The molecule has 0 aliphatic rings. The smallest absolute Gasteiger partial charge is 0.133 e. The van der Waals surface area contributed by atoms with E-state index in [2.05, 4.69) is 0 Å². The third kappa shape index (κ3) is 3.36. The lowest BCUT2D eigenvalue weighted by Gasteiger charge is -2.16. The van der Waals surface area contributed by atoms with E-state index in [-0.39, 0.29) is 12.0 Å². The highest BCUT2D eigenvalue weighted by Gasteiger charge is 2.20. The fourth-order valence-corrected chi connectivity index (χ4v) is 2.31. The third-order valence-corrected chi connectivity index (χ3v) is 3.29. The van der Waals surface area contributed by atoms with Crippen LogP contribution in [0.4, 0.5) is 13.2 Å². The molecule has 2 rings (SSSR count). The first-order chi connectivity index (χ1) is 9.92. The topological polar surface area (TPSA) is 35.2 Å². The van der Waals surface area contributed by atoms with Gasteiger partial charge in [-0.25, -0.2) is 13.2 Å². The van der Waals surface area contributed by atoms with Crippen molar-refractivity contribution in [1.29, 1.82) is 0 Å². The van der Waals surface area contributed by atoms with E-state index in [4.69, 9.17) is 10.5 Å². The summed E-state index contributed by atoms with van der Waals surface area (Å²) < 4.78 is 45.6. The minimum absolute atomic E-state index is 0.185. The number of benzene rings is 2. The van der Waals surface area contributed by atoms with E-state index >= 15 is 0 Å². The molecule has 112 valence electrons. The summed E-state index contributed by atoms with van der Waals surface area (Å²) >= 11 is 0. The highest BCUT2D eigenvalue weighted by Crippen LogP contribution is 2.28. The van der Waals surface area contributed by atoms with Crippen LogP contribution in [0.2, 0.25) is 0 Å². The van der Waals surface area contributed by atoms with Crippen molar-refractivity contribution in [2.24, 2.45) is 5.73 Å². The normalized spacial score (nSPS) is 12.3. The molecule has 1 unspecified atom stereocenters. The lowest BCUT2D eigenvalue weighted by molar-refractivity contribution is 0.407. The predicted octanol–water partition coefficient (Wildman–Crippen LogP) is 3.66. The standard InChI is InChI=1S/C16H16F3NO/c1-9-3-4-15(21-2)10(5-9)6-14(20)16-12(18)7-11(17)8-13(16)19/h3-5,7-8,14H,6,20H2,1-2H3. The SMILES string of the molecule is COc1ccc(C)cc1CC(N)c1c(F)cc(F)cc1F. The van der Waals surface area contributed by atoms with Crippen LogP contribution in [0.1, 0.15) is 22.7 Å². The first kappa shape index (κ1) is 15.4. The van der Waals surface area contributed by atoms with Crippen molar-refractivity contribution in [1.82, 2.24) is 0 Å². The van der Waals surface area contributed by atoms with Crippen LogP contribution in [-0.4, -0.2) is 7.11 Å². The van der Waals surface area contributed by atoms with Crippen LogP contribution in [-0.2, 0) is 6.42 Å². The van der Waals surface area contributed by atoms with Crippen LogP contribution in [0.25, 0.3) is 0 Å². The van der Waals surface area contributed by atoms with E-state index in [1.165, 1.54) is 7.11 Å².